The fourth-order valence-electron chi connectivity index (χ4n) is 8.95. The molecule has 368 valence electrons. The van der Waals surface area contributed by atoms with E-state index in [-0.39, 0.29) is 30.9 Å². The smallest absolute Gasteiger partial charge is 0.411 e. The second kappa shape index (κ2) is 22.0. The minimum Gasteiger partial charge on any atom is -0.444 e. The van der Waals surface area contributed by atoms with Crippen molar-refractivity contribution < 1.29 is 28.7 Å². The molecular weight excluding hydrogens is 881 g/mol. The Balaban J connectivity index is 1.03. The maximum absolute atomic E-state index is 14.6. The second-order valence-electron chi connectivity index (χ2n) is 19.7. The zero-order valence-corrected chi connectivity index (χ0v) is 42.1. The number of imidazole rings is 2. The van der Waals surface area contributed by atoms with Crippen molar-refractivity contribution in [3.63, 3.8) is 0 Å². The molecule has 0 saturated carbocycles. The van der Waals surface area contributed by atoms with Crippen molar-refractivity contribution in [3.05, 3.63) is 144 Å². The van der Waals surface area contributed by atoms with Gasteiger partial charge in [-0.3, -0.25) is 19.4 Å². The number of aromatic nitrogens is 4. The molecule has 4 amide bonds. The van der Waals surface area contributed by atoms with Gasteiger partial charge in [-0.2, -0.15) is 0 Å². The molecule has 0 radical (unpaired) electrons. The molecule has 1 saturated heterocycles. The van der Waals surface area contributed by atoms with Crippen LogP contribution in [-0.2, 0) is 25.6 Å². The summed E-state index contributed by atoms with van der Waals surface area (Å²) in [7, 11) is 0. The first-order valence-electron chi connectivity index (χ1n) is 24.5. The van der Waals surface area contributed by atoms with E-state index in [0.29, 0.717) is 36.8 Å². The number of carbonyl (C=O) groups excluding carboxylic acids is 4. The average Bonchev–Trinajstić information content (AvgIpc) is 4.14. The van der Waals surface area contributed by atoms with Gasteiger partial charge < -0.3 is 29.2 Å². The fraction of sp³-hybridized carbons (Fsp3) is 0.393. The van der Waals surface area contributed by atoms with Crippen LogP contribution in [0.25, 0.3) is 33.6 Å². The molecule has 0 spiro atoms. The highest BCUT2D eigenvalue weighted by atomic mass is 16.6. The van der Waals surface area contributed by atoms with Crippen LogP contribution in [0.5, 0.6) is 0 Å². The van der Waals surface area contributed by atoms with Gasteiger partial charge in [0.25, 0.3) is 11.8 Å². The van der Waals surface area contributed by atoms with Crippen LogP contribution in [0.3, 0.4) is 0 Å². The maximum Gasteiger partial charge on any atom is 0.411 e. The molecule has 14 nitrogen and oxygen atoms in total. The number of likely N-dealkylation sites (N-methyl/N-ethyl adjacent to an activating group) is 2. The molecule has 1 fully saturated rings. The van der Waals surface area contributed by atoms with Gasteiger partial charge in [0.15, 0.2) is 0 Å². The van der Waals surface area contributed by atoms with E-state index in [4.69, 9.17) is 14.5 Å². The molecule has 2 aromatic heterocycles. The van der Waals surface area contributed by atoms with E-state index >= 15 is 0 Å². The Hall–Kier alpha value is -7.22. The molecule has 0 bridgehead atoms. The van der Waals surface area contributed by atoms with Crippen LogP contribution >= 0.6 is 0 Å². The van der Waals surface area contributed by atoms with Crippen LogP contribution in [-0.4, -0.2) is 101 Å². The lowest BCUT2D eigenvalue weighted by molar-refractivity contribution is -0.138. The van der Waals surface area contributed by atoms with Gasteiger partial charge in [-0.05, 0) is 108 Å². The number of hydrogen-bond acceptors (Lipinski definition) is 8. The number of ether oxygens (including phenoxy) is 2. The highest BCUT2D eigenvalue weighted by molar-refractivity contribution is 5.88. The minimum absolute atomic E-state index is 0.164. The number of likely N-dealkylation sites (tertiary alicyclic amines) is 1. The van der Waals surface area contributed by atoms with Crippen molar-refractivity contribution in [3.8, 4) is 33.6 Å². The van der Waals surface area contributed by atoms with E-state index in [1.165, 1.54) is 9.80 Å². The molecule has 70 heavy (non-hydrogen) atoms. The van der Waals surface area contributed by atoms with Gasteiger partial charge in [-0.25, -0.2) is 19.6 Å². The SMILES string of the molecule is CCCN(Cc1ncc(-c2ccc(-c3ccc(-c4cnc([C@@H]5CCCN5C(=O)[C@@H](c5ccccc5)N(CC)C(=O)OC(C)(C)C)[nH]4)cc3)cc2)[nH]1)C(=O)[C@@H](c1ccccc1)N(CC)C(=O)OC(C)(C)C. The Bertz CT molecular complexity index is 2690. The van der Waals surface area contributed by atoms with Crippen molar-refractivity contribution in [2.75, 3.05) is 26.2 Å². The minimum atomic E-state index is -0.869. The molecule has 0 unspecified atom stereocenters. The summed E-state index contributed by atoms with van der Waals surface area (Å²) in [5.41, 5.74) is 5.66. The summed E-state index contributed by atoms with van der Waals surface area (Å²) in [4.78, 5) is 79.1. The lowest BCUT2D eigenvalue weighted by atomic mass is 10.0. The first-order chi connectivity index (χ1) is 33.5. The highest BCUT2D eigenvalue weighted by Gasteiger charge is 2.41. The summed E-state index contributed by atoms with van der Waals surface area (Å²) >= 11 is 0. The summed E-state index contributed by atoms with van der Waals surface area (Å²) in [6.07, 6.45) is 4.81. The van der Waals surface area contributed by atoms with Gasteiger partial charge in [0.05, 0.1) is 36.4 Å². The zero-order chi connectivity index (χ0) is 50.2. The molecule has 14 heteroatoms. The van der Waals surface area contributed by atoms with Crippen LogP contribution < -0.4 is 0 Å². The van der Waals surface area contributed by atoms with Crippen molar-refractivity contribution in [1.29, 1.82) is 0 Å². The molecule has 6 aromatic rings. The Morgan fingerprint density at radius 1 is 0.643 bits per heavy atom. The number of aromatic amines is 2. The number of benzene rings is 4. The molecule has 4 aromatic carbocycles. The average molecular weight is 949 g/mol. The van der Waals surface area contributed by atoms with Gasteiger partial charge in [0.1, 0.15) is 34.9 Å². The third-order valence-electron chi connectivity index (χ3n) is 12.2. The normalized spacial score (nSPS) is 14.7. The van der Waals surface area contributed by atoms with Crippen LogP contribution in [0, 0.1) is 0 Å². The summed E-state index contributed by atoms with van der Waals surface area (Å²) in [5, 5.41) is 0. The van der Waals surface area contributed by atoms with Gasteiger partial charge in [0, 0.05) is 26.2 Å². The summed E-state index contributed by atoms with van der Waals surface area (Å²) in [6, 6.07) is 33.3. The van der Waals surface area contributed by atoms with E-state index in [9.17, 15) is 19.2 Å². The van der Waals surface area contributed by atoms with Gasteiger partial charge in [-0.15, -0.1) is 0 Å². The maximum atomic E-state index is 14.6. The Morgan fingerprint density at radius 3 is 1.61 bits per heavy atom. The molecule has 1 aliphatic heterocycles. The quantitative estimate of drug-likeness (QED) is 0.0971. The van der Waals surface area contributed by atoms with Crippen molar-refractivity contribution in [1.82, 2.24) is 39.5 Å². The van der Waals surface area contributed by atoms with Gasteiger partial charge in [0.2, 0.25) is 0 Å². The standard InChI is InChI=1S/C56H68N8O6/c1-10-33-61(51(65)48(42-20-15-13-16-21-42)62(11-2)53(67)69-55(4,5)6)37-47-57-35-44(59-47)40-29-25-38(26-30-40)39-27-31-41(32-28-39)45-36-58-50(60-45)46-24-19-34-64(46)52(66)49(43-22-17-14-18-23-43)63(12-3)54(68)70-56(7,8)9/h13-18,20-23,25-32,35-36,46,48-49H,10-12,19,24,33-34,37H2,1-9H3,(H,57,59)(H,58,60)/t46-,48+,49+/m0/s1. The van der Waals surface area contributed by atoms with Gasteiger partial charge in [-0.1, -0.05) is 116 Å². The molecule has 7 rings (SSSR count). The third kappa shape index (κ3) is 12.1. The van der Waals surface area contributed by atoms with E-state index < -0.39 is 35.5 Å². The number of H-pyrrole nitrogens is 2. The molecule has 2 N–H and O–H groups in total. The van der Waals surface area contributed by atoms with Crippen molar-refractivity contribution >= 4 is 24.0 Å². The van der Waals surface area contributed by atoms with Crippen LogP contribution in [0.1, 0.15) is 122 Å². The topological polar surface area (TPSA) is 157 Å². The number of amides is 4. The molecule has 3 heterocycles. The van der Waals surface area contributed by atoms with E-state index in [2.05, 4.69) is 51.4 Å². The monoisotopic (exact) mass is 949 g/mol. The summed E-state index contributed by atoms with van der Waals surface area (Å²) in [6.45, 7) is 18.5. The Kier molecular flexibility index (Phi) is 15.9. The highest BCUT2D eigenvalue weighted by Crippen LogP contribution is 2.37. The van der Waals surface area contributed by atoms with E-state index in [1.807, 2.05) is 146 Å². The number of carbonyl (C=O) groups is 4. The predicted octanol–water partition coefficient (Wildman–Crippen LogP) is 11.5. The Morgan fingerprint density at radius 2 is 1.11 bits per heavy atom. The molecule has 0 aliphatic carbocycles. The van der Waals surface area contributed by atoms with Gasteiger partial charge >= 0.3 is 12.2 Å². The predicted molar refractivity (Wildman–Crippen MR) is 272 cm³/mol. The second-order valence-corrected chi connectivity index (χ2v) is 19.7. The van der Waals surface area contributed by atoms with E-state index in [1.54, 1.807) is 11.1 Å². The largest absolute Gasteiger partial charge is 0.444 e. The summed E-state index contributed by atoms with van der Waals surface area (Å²) < 4.78 is 11.5. The molecule has 3 atom stereocenters. The molecule has 1 aliphatic rings. The number of nitrogens with zero attached hydrogens (tertiary/aromatic N) is 6. The lowest BCUT2D eigenvalue weighted by Crippen LogP contribution is -2.47. The number of rotatable bonds is 16. The van der Waals surface area contributed by atoms with Crippen LogP contribution in [0.2, 0.25) is 0 Å². The van der Waals surface area contributed by atoms with E-state index in [0.717, 1.165) is 58.5 Å². The summed E-state index contributed by atoms with van der Waals surface area (Å²) in [5.74, 6) is 0.971. The lowest BCUT2D eigenvalue weighted by Gasteiger charge is -2.35. The van der Waals surface area contributed by atoms with Crippen LogP contribution in [0.4, 0.5) is 9.59 Å². The van der Waals surface area contributed by atoms with Crippen molar-refractivity contribution in [2.45, 2.75) is 117 Å². The third-order valence-corrected chi connectivity index (χ3v) is 12.2. The Labute approximate surface area is 412 Å². The number of hydrogen-bond donors (Lipinski definition) is 2. The van der Waals surface area contributed by atoms with Crippen LogP contribution in [0.15, 0.2) is 122 Å². The molecular formula is C56H68N8O6. The zero-order valence-electron chi connectivity index (χ0n) is 42.1. The van der Waals surface area contributed by atoms with Crippen molar-refractivity contribution in [2.24, 2.45) is 0 Å². The fourth-order valence-corrected chi connectivity index (χ4v) is 8.95. The first kappa shape index (κ1) is 50.7. The number of nitrogens with one attached hydrogen (secondary N) is 2. The first-order valence-corrected chi connectivity index (χ1v) is 24.5.